The summed E-state index contributed by atoms with van der Waals surface area (Å²) < 4.78 is 0. The van der Waals surface area contributed by atoms with Gasteiger partial charge < -0.3 is 10.6 Å². The van der Waals surface area contributed by atoms with Crippen LogP contribution in [0.2, 0.25) is 15.1 Å². The number of hydrogen-bond acceptors (Lipinski definition) is 3. The molecule has 0 aliphatic carbocycles. The number of carbonyl (C=O) groups is 1. The second-order valence-corrected chi connectivity index (χ2v) is 6.11. The summed E-state index contributed by atoms with van der Waals surface area (Å²) in [6.45, 7) is 5.03. The van der Waals surface area contributed by atoms with Gasteiger partial charge in [-0.05, 0) is 19.1 Å². The second kappa shape index (κ2) is 6.96. The number of halogens is 3. The highest BCUT2D eigenvalue weighted by molar-refractivity contribution is 6.44. The molecule has 0 saturated carbocycles. The van der Waals surface area contributed by atoms with Crippen molar-refractivity contribution >= 4 is 46.4 Å². The fraction of sp³-hybridized carbons (Fsp3) is 0.462. The fourth-order valence-electron chi connectivity index (χ4n) is 2.17. The lowest BCUT2D eigenvalue weighted by molar-refractivity contribution is -0.117. The second-order valence-electron chi connectivity index (χ2n) is 4.88. The van der Waals surface area contributed by atoms with Crippen LogP contribution in [0.3, 0.4) is 0 Å². The van der Waals surface area contributed by atoms with E-state index in [-0.39, 0.29) is 5.91 Å². The Labute approximate surface area is 133 Å². The van der Waals surface area contributed by atoms with Crippen molar-refractivity contribution in [1.29, 1.82) is 0 Å². The molecule has 1 atom stereocenters. The van der Waals surface area contributed by atoms with E-state index in [1.165, 1.54) is 6.07 Å². The van der Waals surface area contributed by atoms with Gasteiger partial charge in [0, 0.05) is 25.7 Å². The third-order valence-electron chi connectivity index (χ3n) is 3.10. The highest BCUT2D eigenvalue weighted by Crippen LogP contribution is 2.32. The summed E-state index contributed by atoms with van der Waals surface area (Å²) in [7, 11) is 0. The Morgan fingerprint density at radius 1 is 1.35 bits per heavy atom. The largest absolute Gasteiger partial charge is 0.324 e. The van der Waals surface area contributed by atoms with Crippen molar-refractivity contribution in [2.45, 2.75) is 13.0 Å². The zero-order valence-corrected chi connectivity index (χ0v) is 13.3. The molecule has 110 valence electrons. The molecule has 0 radical (unpaired) electrons. The van der Waals surface area contributed by atoms with Gasteiger partial charge in [0.1, 0.15) is 0 Å². The molecule has 1 amide bonds. The van der Waals surface area contributed by atoms with E-state index >= 15 is 0 Å². The van der Waals surface area contributed by atoms with Gasteiger partial charge in [-0.15, -0.1) is 0 Å². The molecule has 20 heavy (non-hydrogen) atoms. The summed E-state index contributed by atoms with van der Waals surface area (Å²) in [4.78, 5) is 14.1. The molecule has 1 fully saturated rings. The molecule has 7 heteroatoms. The van der Waals surface area contributed by atoms with E-state index < -0.39 is 0 Å². The van der Waals surface area contributed by atoms with Crippen LogP contribution in [0.4, 0.5) is 5.69 Å². The van der Waals surface area contributed by atoms with Gasteiger partial charge in [0.25, 0.3) is 0 Å². The highest BCUT2D eigenvalue weighted by atomic mass is 35.5. The molecule has 1 saturated heterocycles. The number of amides is 1. The van der Waals surface area contributed by atoms with Crippen LogP contribution in [-0.4, -0.2) is 43.0 Å². The number of anilines is 1. The van der Waals surface area contributed by atoms with E-state index in [0.29, 0.717) is 33.3 Å². The number of piperazine rings is 1. The predicted molar refractivity (Wildman–Crippen MR) is 84.0 cm³/mol. The SMILES string of the molecule is CC1CN(CC(=O)Nc2cc(Cl)c(Cl)cc2Cl)CCN1. The van der Waals surface area contributed by atoms with Crippen molar-refractivity contribution in [3.63, 3.8) is 0 Å². The minimum absolute atomic E-state index is 0.112. The lowest BCUT2D eigenvalue weighted by Crippen LogP contribution is -2.51. The number of rotatable bonds is 3. The molecule has 2 N–H and O–H groups in total. The minimum atomic E-state index is -0.112. The van der Waals surface area contributed by atoms with E-state index in [0.717, 1.165) is 19.6 Å². The van der Waals surface area contributed by atoms with Crippen LogP contribution in [0, 0.1) is 0 Å². The minimum Gasteiger partial charge on any atom is -0.324 e. The van der Waals surface area contributed by atoms with E-state index in [4.69, 9.17) is 34.8 Å². The zero-order valence-electron chi connectivity index (χ0n) is 11.0. The van der Waals surface area contributed by atoms with Crippen LogP contribution >= 0.6 is 34.8 Å². The number of nitrogens with one attached hydrogen (secondary N) is 2. The maximum Gasteiger partial charge on any atom is 0.238 e. The van der Waals surface area contributed by atoms with Gasteiger partial charge in [0.15, 0.2) is 0 Å². The maximum atomic E-state index is 12.0. The zero-order chi connectivity index (χ0) is 14.7. The summed E-state index contributed by atoms with van der Waals surface area (Å²) >= 11 is 17.8. The molecular weight excluding hydrogens is 321 g/mol. The third-order valence-corrected chi connectivity index (χ3v) is 4.14. The van der Waals surface area contributed by atoms with Gasteiger partial charge in [-0.3, -0.25) is 9.69 Å². The monoisotopic (exact) mass is 335 g/mol. The lowest BCUT2D eigenvalue weighted by Gasteiger charge is -2.31. The maximum absolute atomic E-state index is 12.0. The molecular formula is C13H16Cl3N3O. The molecule has 1 aliphatic heterocycles. The van der Waals surface area contributed by atoms with Crippen molar-refractivity contribution in [2.75, 3.05) is 31.5 Å². The van der Waals surface area contributed by atoms with Crippen molar-refractivity contribution in [3.05, 3.63) is 27.2 Å². The average Bonchev–Trinajstić information content (AvgIpc) is 2.36. The Hall–Kier alpha value is -0.520. The number of nitrogens with zero attached hydrogens (tertiary/aromatic N) is 1. The molecule has 4 nitrogen and oxygen atoms in total. The number of hydrogen-bond donors (Lipinski definition) is 2. The normalized spacial score (nSPS) is 19.9. The van der Waals surface area contributed by atoms with Crippen LogP contribution < -0.4 is 10.6 Å². The first-order valence-electron chi connectivity index (χ1n) is 6.36. The highest BCUT2D eigenvalue weighted by Gasteiger charge is 2.18. The Morgan fingerprint density at radius 2 is 2.05 bits per heavy atom. The van der Waals surface area contributed by atoms with Crippen molar-refractivity contribution in [2.24, 2.45) is 0 Å². The van der Waals surface area contributed by atoms with Gasteiger partial charge >= 0.3 is 0 Å². The van der Waals surface area contributed by atoms with Crippen molar-refractivity contribution in [1.82, 2.24) is 10.2 Å². The first kappa shape index (κ1) is 15.9. The molecule has 0 bridgehead atoms. The number of carbonyl (C=O) groups excluding carboxylic acids is 1. The average molecular weight is 337 g/mol. The first-order chi connectivity index (χ1) is 9.45. The fourth-order valence-corrected chi connectivity index (χ4v) is 2.76. The van der Waals surface area contributed by atoms with Crippen LogP contribution in [0.1, 0.15) is 6.92 Å². The van der Waals surface area contributed by atoms with E-state index in [1.807, 2.05) is 0 Å². The van der Waals surface area contributed by atoms with Gasteiger partial charge in [-0.1, -0.05) is 34.8 Å². The summed E-state index contributed by atoms with van der Waals surface area (Å²) in [5, 5.41) is 7.20. The summed E-state index contributed by atoms with van der Waals surface area (Å²) in [5.74, 6) is -0.112. The van der Waals surface area contributed by atoms with Crippen LogP contribution in [0.5, 0.6) is 0 Å². The first-order valence-corrected chi connectivity index (χ1v) is 7.49. The number of benzene rings is 1. The Bertz CT molecular complexity index is 510. The quantitative estimate of drug-likeness (QED) is 0.834. The Morgan fingerprint density at radius 3 is 2.75 bits per heavy atom. The summed E-state index contributed by atoms with van der Waals surface area (Å²) in [6, 6.07) is 3.48. The molecule has 1 unspecified atom stereocenters. The van der Waals surface area contributed by atoms with Crippen molar-refractivity contribution < 1.29 is 4.79 Å². The molecule has 0 aromatic heterocycles. The van der Waals surface area contributed by atoms with Crippen molar-refractivity contribution in [3.8, 4) is 0 Å². The lowest BCUT2D eigenvalue weighted by atomic mass is 10.2. The topological polar surface area (TPSA) is 44.4 Å². The molecule has 0 spiro atoms. The standard InChI is InChI=1S/C13H16Cl3N3O/c1-8-6-19(3-2-17-8)7-13(20)18-12-5-10(15)9(14)4-11(12)16/h4-5,8,17H,2-3,6-7H2,1H3,(H,18,20). The molecule has 2 rings (SSSR count). The van der Waals surface area contributed by atoms with Gasteiger partial charge in [0.2, 0.25) is 5.91 Å². The van der Waals surface area contributed by atoms with Gasteiger partial charge in [-0.25, -0.2) is 0 Å². The summed E-state index contributed by atoms with van der Waals surface area (Å²) in [5.41, 5.74) is 0.481. The van der Waals surface area contributed by atoms with Crippen LogP contribution in [0.25, 0.3) is 0 Å². The molecule has 1 heterocycles. The van der Waals surface area contributed by atoms with Gasteiger partial charge in [-0.2, -0.15) is 0 Å². The summed E-state index contributed by atoms with van der Waals surface area (Å²) in [6.07, 6.45) is 0. The predicted octanol–water partition coefficient (Wildman–Crippen LogP) is 2.88. The van der Waals surface area contributed by atoms with E-state index in [2.05, 4.69) is 22.5 Å². The Kier molecular flexibility index (Phi) is 5.52. The van der Waals surface area contributed by atoms with Crippen LogP contribution in [0.15, 0.2) is 12.1 Å². The smallest absolute Gasteiger partial charge is 0.238 e. The molecule has 1 aromatic carbocycles. The van der Waals surface area contributed by atoms with E-state index in [9.17, 15) is 4.79 Å². The van der Waals surface area contributed by atoms with Crippen LogP contribution in [-0.2, 0) is 4.79 Å². The third kappa shape index (κ3) is 4.24. The Balaban J connectivity index is 1.96. The van der Waals surface area contributed by atoms with E-state index in [1.54, 1.807) is 6.07 Å². The molecule has 1 aliphatic rings. The van der Waals surface area contributed by atoms with Gasteiger partial charge in [0.05, 0.1) is 27.3 Å². The molecule has 1 aromatic rings.